The van der Waals surface area contributed by atoms with Gasteiger partial charge in [0.25, 0.3) is 5.69 Å². The molecule has 0 saturated heterocycles. The lowest BCUT2D eigenvalue weighted by molar-refractivity contribution is -0.384. The van der Waals surface area contributed by atoms with Crippen molar-refractivity contribution in [1.82, 2.24) is 5.32 Å². The third-order valence-corrected chi connectivity index (χ3v) is 5.37. The minimum Gasteiger partial charge on any atom is -0.457 e. The number of thiocarbonyl (C=S) groups is 1. The van der Waals surface area contributed by atoms with E-state index in [1.165, 1.54) is 24.3 Å². The molecule has 0 aliphatic rings. The molecule has 2 N–H and O–H groups in total. The van der Waals surface area contributed by atoms with Gasteiger partial charge < -0.3 is 9.73 Å². The molecule has 0 fully saturated rings. The summed E-state index contributed by atoms with van der Waals surface area (Å²) in [4.78, 5) is 22.5. The lowest BCUT2D eigenvalue weighted by Gasteiger charge is -2.11. The van der Waals surface area contributed by atoms with Crippen molar-refractivity contribution in [3.8, 4) is 11.3 Å². The van der Waals surface area contributed by atoms with Crippen LogP contribution in [0.5, 0.6) is 0 Å². The number of nitro benzene ring substituents is 1. The molecular weight excluding hydrogens is 473 g/mol. The Bertz CT molecular complexity index is 1250. The van der Waals surface area contributed by atoms with Gasteiger partial charge in [0.15, 0.2) is 5.11 Å². The fourth-order valence-electron chi connectivity index (χ4n) is 2.75. The van der Waals surface area contributed by atoms with E-state index in [-0.39, 0.29) is 15.8 Å². The van der Waals surface area contributed by atoms with Crippen molar-refractivity contribution in [3.63, 3.8) is 0 Å². The van der Waals surface area contributed by atoms with Crippen LogP contribution >= 0.6 is 35.4 Å². The van der Waals surface area contributed by atoms with E-state index in [0.717, 1.165) is 11.1 Å². The van der Waals surface area contributed by atoms with Gasteiger partial charge in [-0.1, -0.05) is 35.3 Å². The molecule has 1 heterocycles. The van der Waals surface area contributed by atoms with E-state index < -0.39 is 10.8 Å². The third-order valence-electron chi connectivity index (χ3n) is 4.46. The SMILES string of the molecule is Cc1ccc(-c2ccc(/C=C/C(=O)NC(=S)Nc3cc(Cl)c([N+](=O)[O-])cc3C)o2)cc1Cl. The lowest BCUT2D eigenvalue weighted by Crippen LogP contribution is -2.33. The number of nitrogens with zero attached hydrogens (tertiary/aromatic N) is 1. The van der Waals surface area contributed by atoms with Crippen molar-refractivity contribution in [2.75, 3.05) is 5.32 Å². The molecule has 0 spiro atoms. The quantitative estimate of drug-likeness (QED) is 0.188. The molecule has 0 unspecified atom stereocenters. The molecule has 0 bridgehead atoms. The number of nitrogens with one attached hydrogen (secondary N) is 2. The molecule has 164 valence electrons. The van der Waals surface area contributed by atoms with E-state index in [2.05, 4.69) is 10.6 Å². The summed E-state index contributed by atoms with van der Waals surface area (Å²) in [5, 5.41) is 16.9. The zero-order valence-electron chi connectivity index (χ0n) is 16.9. The van der Waals surface area contributed by atoms with Crippen LogP contribution in [0.15, 0.2) is 53.0 Å². The normalized spacial score (nSPS) is 10.9. The largest absolute Gasteiger partial charge is 0.457 e. The molecule has 3 rings (SSSR count). The standard InChI is InChI=1S/C22H17Cl2N3O4S/c1-12-3-4-14(10-16(12)23)20-7-5-15(31-20)6-8-21(28)26-22(32)25-18-11-17(24)19(27(29)30)9-13(18)2/h3-11H,1-2H3,(H2,25,26,28,32)/b8-6+. The van der Waals surface area contributed by atoms with Crippen LogP contribution in [0.3, 0.4) is 0 Å². The first kappa shape index (κ1) is 23.5. The average molecular weight is 490 g/mol. The number of aryl methyl sites for hydroxylation is 2. The second-order valence-electron chi connectivity index (χ2n) is 6.82. The van der Waals surface area contributed by atoms with Crippen LogP contribution in [0.1, 0.15) is 16.9 Å². The van der Waals surface area contributed by atoms with Gasteiger partial charge in [0, 0.05) is 28.4 Å². The van der Waals surface area contributed by atoms with Crippen LogP contribution < -0.4 is 10.6 Å². The number of amides is 1. The smallest absolute Gasteiger partial charge is 0.288 e. The molecule has 2 aromatic carbocycles. The van der Waals surface area contributed by atoms with Crippen molar-refractivity contribution in [3.05, 3.63) is 85.6 Å². The lowest BCUT2D eigenvalue weighted by atomic mass is 10.1. The van der Waals surface area contributed by atoms with Crippen LogP contribution in [0, 0.1) is 24.0 Å². The van der Waals surface area contributed by atoms with Gasteiger partial charge in [-0.05, 0) is 67.5 Å². The highest BCUT2D eigenvalue weighted by molar-refractivity contribution is 7.80. The predicted octanol–water partition coefficient (Wildman–Crippen LogP) is 6.30. The van der Waals surface area contributed by atoms with Crippen molar-refractivity contribution in [1.29, 1.82) is 0 Å². The first-order chi connectivity index (χ1) is 15.1. The Hall–Kier alpha value is -3.20. The number of nitro groups is 1. The molecule has 0 aliphatic heterocycles. The summed E-state index contributed by atoms with van der Waals surface area (Å²) >= 11 is 17.2. The first-order valence-electron chi connectivity index (χ1n) is 9.25. The zero-order valence-corrected chi connectivity index (χ0v) is 19.3. The number of anilines is 1. The highest BCUT2D eigenvalue weighted by Crippen LogP contribution is 2.30. The number of halogens is 2. The van der Waals surface area contributed by atoms with Crippen molar-refractivity contribution in [2.24, 2.45) is 0 Å². The second-order valence-corrected chi connectivity index (χ2v) is 8.04. The maximum atomic E-state index is 12.2. The van der Waals surface area contributed by atoms with Crippen LogP contribution in [0.25, 0.3) is 17.4 Å². The van der Waals surface area contributed by atoms with E-state index in [9.17, 15) is 14.9 Å². The average Bonchev–Trinajstić information content (AvgIpc) is 3.19. The van der Waals surface area contributed by atoms with Gasteiger partial charge in [-0.2, -0.15) is 0 Å². The minimum atomic E-state index is -0.572. The Morgan fingerprint density at radius 2 is 1.84 bits per heavy atom. The maximum Gasteiger partial charge on any atom is 0.288 e. The van der Waals surface area contributed by atoms with Crippen LogP contribution in [-0.4, -0.2) is 15.9 Å². The number of carbonyl (C=O) groups excluding carboxylic acids is 1. The van der Waals surface area contributed by atoms with E-state index in [0.29, 0.717) is 27.8 Å². The van der Waals surface area contributed by atoms with Gasteiger partial charge in [-0.25, -0.2) is 0 Å². The fraction of sp³-hybridized carbons (Fsp3) is 0.0909. The van der Waals surface area contributed by atoms with Gasteiger partial charge in [-0.3, -0.25) is 20.2 Å². The summed E-state index contributed by atoms with van der Waals surface area (Å²) in [6, 6.07) is 11.8. The summed E-state index contributed by atoms with van der Waals surface area (Å²) in [6.45, 7) is 3.57. The van der Waals surface area contributed by atoms with Crippen molar-refractivity contribution in [2.45, 2.75) is 13.8 Å². The monoisotopic (exact) mass is 489 g/mol. The van der Waals surface area contributed by atoms with Gasteiger partial charge >= 0.3 is 0 Å². The second kappa shape index (κ2) is 9.95. The van der Waals surface area contributed by atoms with E-state index >= 15 is 0 Å². The number of hydrogen-bond acceptors (Lipinski definition) is 5. The Morgan fingerprint density at radius 1 is 1.09 bits per heavy atom. The predicted molar refractivity (Wildman–Crippen MR) is 130 cm³/mol. The Morgan fingerprint density at radius 3 is 2.53 bits per heavy atom. The van der Waals surface area contributed by atoms with Crippen LogP contribution in [-0.2, 0) is 4.79 Å². The van der Waals surface area contributed by atoms with Crippen LogP contribution in [0.4, 0.5) is 11.4 Å². The number of furan rings is 1. The fourth-order valence-corrected chi connectivity index (χ4v) is 3.37. The molecular formula is C22H17Cl2N3O4S. The molecule has 0 aliphatic carbocycles. The topological polar surface area (TPSA) is 97.4 Å². The highest BCUT2D eigenvalue weighted by atomic mass is 35.5. The highest BCUT2D eigenvalue weighted by Gasteiger charge is 2.16. The molecule has 0 atom stereocenters. The number of benzene rings is 2. The number of rotatable bonds is 5. The van der Waals surface area contributed by atoms with E-state index in [1.54, 1.807) is 19.1 Å². The Labute approximate surface area is 199 Å². The van der Waals surface area contributed by atoms with E-state index in [4.69, 9.17) is 39.8 Å². The minimum absolute atomic E-state index is 0.0158. The van der Waals surface area contributed by atoms with Crippen LogP contribution in [0.2, 0.25) is 10.0 Å². The molecule has 0 saturated carbocycles. The summed E-state index contributed by atoms with van der Waals surface area (Å²) in [6.07, 6.45) is 2.78. The first-order valence-corrected chi connectivity index (χ1v) is 10.4. The number of carbonyl (C=O) groups is 1. The third kappa shape index (κ3) is 5.73. The molecule has 7 nitrogen and oxygen atoms in total. The van der Waals surface area contributed by atoms with Gasteiger partial charge in [0.2, 0.25) is 5.91 Å². The Kier molecular flexibility index (Phi) is 7.29. The molecule has 10 heteroatoms. The molecule has 1 aromatic heterocycles. The molecule has 0 radical (unpaired) electrons. The van der Waals surface area contributed by atoms with Crippen molar-refractivity contribution < 1.29 is 14.1 Å². The van der Waals surface area contributed by atoms with Gasteiger partial charge in [0.05, 0.1) is 4.92 Å². The maximum absolute atomic E-state index is 12.2. The Balaban J connectivity index is 1.62. The zero-order chi connectivity index (χ0) is 23.4. The van der Waals surface area contributed by atoms with Gasteiger partial charge in [0.1, 0.15) is 16.5 Å². The molecule has 1 amide bonds. The summed E-state index contributed by atoms with van der Waals surface area (Å²) in [7, 11) is 0. The molecule has 3 aromatic rings. The van der Waals surface area contributed by atoms with E-state index in [1.807, 2.05) is 25.1 Å². The summed E-state index contributed by atoms with van der Waals surface area (Å²) in [5.41, 5.74) is 2.58. The molecule has 32 heavy (non-hydrogen) atoms. The summed E-state index contributed by atoms with van der Waals surface area (Å²) < 4.78 is 5.73. The number of hydrogen-bond donors (Lipinski definition) is 2. The van der Waals surface area contributed by atoms with Gasteiger partial charge in [-0.15, -0.1) is 0 Å². The van der Waals surface area contributed by atoms with Crippen molar-refractivity contribution >= 4 is 63.9 Å². The summed E-state index contributed by atoms with van der Waals surface area (Å²) in [5.74, 6) is 0.614.